The zero-order chi connectivity index (χ0) is 13.8. The molecule has 0 aliphatic carbocycles. The second kappa shape index (κ2) is 6.53. The lowest BCUT2D eigenvalue weighted by atomic mass is 9.92. The van der Waals surface area contributed by atoms with Crippen molar-refractivity contribution < 1.29 is 4.79 Å². The van der Waals surface area contributed by atoms with E-state index in [1.165, 1.54) is 6.42 Å². The van der Waals surface area contributed by atoms with E-state index in [0.717, 1.165) is 26.2 Å². The average molecular weight is 255 g/mol. The largest absolute Gasteiger partial charge is 0.339 e. The highest BCUT2D eigenvalue weighted by atomic mass is 16.2. The second-order valence-corrected chi connectivity index (χ2v) is 5.45. The monoisotopic (exact) mass is 255 g/mol. The van der Waals surface area contributed by atoms with Crippen LogP contribution >= 0.6 is 0 Å². The van der Waals surface area contributed by atoms with Crippen LogP contribution in [0.5, 0.6) is 0 Å². The third kappa shape index (κ3) is 3.23. The van der Waals surface area contributed by atoms with Gasteiger partial charge in [-0.05, 0) is 26.2 Å². The van der Waals surface area contributed by atoms with E-state index in [2.05, 4.69) is 18.7 Å². The second-order valence-electron chi connectivity index (χ2n) is 5.45. The van der Waals surface area contributed by atoms with Gasteiger partial charge in [0.05, 0.1) is 5.54 Å². The van der Waals surface area contributed by atoms with Gasteiger partial charge in [-0.3, -0.25) is 9.69 Å². The normalized spacial score (nSPS) is 19.9. The van der Waals surface area contributed by atoms with E-state index in [4.69, 9.17) is 5.73 Å². The summed E-state index contributed by atoms with van der Waals surface area (Å²) in [4.78, 5) is 16.8. The average Bonchev–Trinajstić information content (AvgIpc) is 2.44. The first-order valence-corrected chi connectivity index (χ1v) is 7.30. The summed E-state index contributed by atoms with van der Waals surface area (Å²) in [5, 5.41) is 0. The predicted octanol–water partition coefficient (Wildman–Crippen LogP) is 1.45. The van der Waals surface area contributed by atoms with Gasteiger partial charge in [0.25, 0.3) is 0 Å². The number of nitrogens with two attached hydrogens (primary N) is 1. The first-order chi connectivity index (χ1) is 8.48. The third-order valence-electron chi connectivity index (χ3n) is 4.50. The maximum Gasteiger partial charge on any atom is 0.242 e. The van der Waals surface area contributed by atoms with E-state index in [1.807, 2.05) is 18.7 Å². The molecule has 1 fully saturated rings. The number of hydrogen-bond acceptors (Lipinski definition) is 3. The van der Waals surface area contributed by atoms with Crippen LogP contribution in [0.4, 0.5) is 0 Å². The fourth-order valence-corrected chi connectivity index (χ4v) is 2.49. The Morgan fingerprint density at radius 2 is 1.67 bits per heavy atom. The van der Waals surface area contributed by atoms with Gasteiger partial charge in [0.1, 0.15) is 0 Å². The molecule has 1 heterocycles. The fraction of sp³-hybridized carbons (Fsp3) is 0.929. The van der Waals surface area contributed by atoms with Crippen LogP contribution < -0.4 is 5.73 Å². The molecule has 1 amide bonds. The number of amides is 1. The molecule has 2 N–H and O–H groups in total. The molecule has 4 heteroatoms. The van der Waals surface area contributed by atoms with Gasteiger partial charge < -0.3 is 10.6 Å². The molecule has 0 aromatic rings. The van der Waals surface area contributed by atoms with Crippen molar-refractivity contribution in [2.75, 3.05) is 26.2 Å². The smallest absolute Gasteiger partial charge is 0.242 e. The minimum atomic E-state index is -0.654. The summed E-state index contributed by atoms with van der Waals surface area (Å²) in [6.07, 6.45) is 2.60. The minimum Gasteiger partial charge on any atom is -0.339 e. The van der Waals surface area contributed by atoms with E-state index in [0.29, 0.717) is 18.9 Å². The maximum absolute atomic E-state index is 12.4. The van der Waals surface area contributed by atoms with Crippen LogP contribution in [0.15, 0.2) is 0 Å². The van der Waals surface area contributed by atoms with Crippen molar-refractivity contribution in [1.82, 2.24) is 9.80 Å². The highest BCUT2D eigenvalue weighted by Gasteiger charge is 2.35. The topological polar surface area (TPSA) is 49.6 Å². The Hall–Kier alpha value is -0.610. The molecule has 1 atom stereocenters. The lowest BCUT2D eigenvalue weighted by molar-refractivity contribution is -0.139. The predicted molar refractivity (Wildman–Crippen MR) is 75.4 cm³/mol. The summed E-state index contributed by atoms with van der Waals surface area (Å²) < 4.78 is 0. The van der Waals surface area contributed by atoms with Crippen molar-refractivity contribution in [3.05, 3.63) is 0 Å². The van der Waals surface area contributed by atoms with Crippen LogP contribution in [0, 0.1) is 0 Å². The SMILES string of the molecule is CCC(C)N1CCN(C(=O)C(N)(CC)CC)CC1. The number of carbonyl (C=O) groups excluding carboxylic acids is 1. The van der Waals surface area contributed by atoms with Gasteiger partial charge in [0.15, 0.2) is 0 Å². The Bertz CT molecular complexity index is 268. The standard InChI is InChI=1S/C14H29N3O/c1-5-12(4)16-8-10-17(11-9-16)13(18)14(15,6-2)7-3/h12H,5-11,15H2,1-4H3. The van der Waals surface area contributed by atoms with Crippen LogP contribution in [0.1, 0.15) is 47.0 Å². The van der Waals surface area contributed by atoms with Crippen LogP contribution in [0.2, 0.25) is 0 Å². The number of piperazine rings is 1. The zero-order valence-corrected chi connectivity index (χ0v) is 12.4. The Kier molecular flexibility index (Phi) is 5.60. The molecule has 1 aliphatic rings. The first-order valence-electron chi connectivity index (χ1n) is 7.30. The van der Waals surface area contributed by atoms with Crippen LogP contribution in [0.3, 0.4) is 0 Å². The summed E-state index contributed by atoms with van der Waals surface area (Å²) in [5.74, 6) is 0.135. The van der Waals surface area contributed by atoms with E-state index >= 15 is 0 Å². The molecule has 0 saturated carbocycles. The number of hydrogen-bond donors (Lipinski definition) is 1. The molecule has 1 saturated heterocycles. The van der Waals surface area contributed by atoms with Crippen molar-refractivity contribution >= 4 is 5.91 Å². The first kappa shape index (κ1) is 15.4. The van der Waals surface area contributed by atoms with E-state index in [9.17, 15) is 4.79 Å². The van der Waals surface area contributed by atoms with Crippen molar-refractivity contribution in [1.29, 1.82) is 0 Å². The molecule has 1 aliphatic heterocycles. The molecule has 18 heavy (non-hydrogen) atoms. The van der Waals surface area contributed by atoms with Gasteiger partial charge in [-0.25, -0.2) is 0 Å². The highest BCUT2D eigenvalue weighted by molar-refractivity contribution is 5.86. The lowest BCUT2D eigenvalue weighted by Crippen LogP contribution is -2.59. The Morgan fingerprint density at radius 3 is 2.06 bits per heavy atom. The molecule has 4 nitrogen and oxygen atoms in total. The van der Waals surface area contributed by atoms with Gasteiger partial charge in [0.2, 0.25) is 5.91 Å². The molecule has 0 radical (unpaired) electrons. The molecule has 0 aromatic carbocycles. The highest BCUT2D eigenvalue weighted by Crippen LogP contribution is 2.17. The molecule has 1 unspecified atom stereocenters. The van der Waals surface area contributed by atoms with E-state index < -0.39 is 5.54 Å². The van der Waals surface area contributed by atoms with Gasteiger partial charge in [-0.2, -0.15) is 0 Å². The molecule has 0 aromatic heterocycles. The molecule has 0 bridgehead atoms. The maximum atomic E-state index is 12.4. The van der Waals surface area contributed by atoms with Crippen LogP contribution in [0.25, 0.3) is 0 Å². The number of carbonyl (C=O) groups is 1. The molecule has 106 valence electrons. The van der Waals surface area contributed by atoms with Crippen LogP contribution in [-0.2, 0) is 4.79 Å². The van der Waals surface area contributed by atoms with Crippen molar-refractivity contribution in [2.24, 2.45) is 5.73 Å². The number of rotatable bonds is 5. The Labute approximate surface area is 111 Å². The summed E-state index contributed by atoms with van der Waals surface area (Å²) in [5.41, 5.74) is 5.53. The van der Waals surface area contributed by atoms with Crippen molar-refractivity contribution in [3.8, 4) is 0 Å². The summed E-state index contributed by atoms with van der Waals surface area (Å²) in [6, 6.07) is 0.613. The zero-order valence-electron chi connectivity index (χ0n) is 12.4. The van der Waals surface area contributed by atoms with Crippen LogP contribution in [-0.4, -0.2) is 53.5 Å². The minimum absolute atomic E-state index is 0.135. The lowest BCUT2D eigenvalue weighted by Gasteiger charge is -2.41. The van der Waals surface area contributed by atoms with E-state index in [-0.39, 0.29) is 5.91 Å². The van der Waals surface area contributed by atoms with Gasteiger partial charge in [-0.1, -0.05) is 20.8 Å². The molecular formula is C14H29N3O. The van der Waals surface area contributed by atoms with Gasteiger partial charge >= 0.3 is 0 Å². The summed E-state index contributed by atoms with van der Waals surface area (Å²) in [7, 11) is 0. The fourth-order valence-electron chi connectivity index (χ4n) is 2.49. The molecule has 0 spiro atoms. The van der Waals surface area contributed by atoms with E-state index in [1.54, 1.807) is 0 Å². The van der Waals surface area contributed by atoms with Gasteiger partial charge in [0, 0.05) is 32.2 Å². The summed E-state index contributed by atoms with van der Waals surface area (Å²) >= 11 is 0. The van der Waals surface area contributed by atoms with Gasteiger partial charge in [-0.15, -0.1) is 0 Å². The van der Waals surface area contributed by atoms with Crippen molar-refractivity contribution in [2.45, 2.75) is 58.5 Å². The summed E-state index contributed by atoms with van der Waals surface area (Å²) in [6.45, 7) is 12.1. The Balaban J connectivity index is 2.55. The molecular weight excluding hydrogens is 226 g/mol. The Morgan fingerprint density at radius 1 is 1.17 bits per heavy atom. The number of nitrogens with zero attached hydrogens (tertiary/aromatic N) is 2. The third-order valence-corrected chi connectivity index (χ3v) is 4.50. The quantitative estimate of drug-likeness (QED) is 0.809. The molecule has 1 rings (SSSR count). The van der Waals surface area contributed by atoms with Crippen molar-refractivity contribution in [3.63, 3.8) is 0 Å².